The number of hydrogen-bond acceptors (Lipinski definition) is 8. The molecule has 0 amide bonds. The SMILES string of the molecule is COCCOc1cc2ncnc(Sc3ccccn3)c2cc1OCCOC. The molecule has 0 radical (unpaired) electrons. The van der Waals surface area contributed by atoms with Crippen molar-refractivity contribution in [2.24, 2.45) is 0 Å². The number of pyridine rings is 1. The summed E-state index contributed by atoms with van der Waals surface area (Å²) in [4.78, 5) is 13.1. The lowest BCUT2D eigenvalue weighted by Gasteiger charge is -2.14. The molecule has 2 aromatic heterocycles. The van der Waals surface area contributed by atoms with Crippen LogP contribution in [0.3, 0.4) is 0 Å². The van der Waals surface area contributed by atoms with Crippen molar-refractivity contribution in [3.8, 4) is 11.5 Å². The van der Waals surface area contributed by atoms with Gasteiger partial charge >= 0.3 is 0 Å². The third-order valence-electron chi connectivity index (χ3n) is 3.59. The molecule has 0 atom stereocenters. The van der Waals surface area contributed by atoms with Gasteiger partial charge in [0.05, 0.1) is 18.7 Å². The molecule has 7 nitrogen and oxygen atoms in total. The number of ether oxygens (including phenoxy) is 4. The molecule has 3 aromatic rings. The average molecular weight is 387 g/mol. The summed E-state index contributed by atoms with van der Waals surface area (Å²) in [6, 6.07) is 9.53. The summed E-state index contributed by atoms with van der Waals surface area (Å²) in [6.07, 6.45) is 3.30. The summed E-state index contributed by atoms with van der Waals surface area (Å²) >= 11 is 1.48. The minimum Gasteiger partial charge on any atom is -0.487 e. The average Bonchev–Trinajstić information content (AvgIpc) is 2.70. The highest BCUT2D eigenvalue weighted by molar-refractivity contribution is 7.99. The smallest absolute Gasteiger partial charge is 0.163 e. The van der Waals surface area contributed by atoms with Crippen molar-refractivity contribution in [2.45, 2.75) is 10.1 Å². The van der Waals surface area contributed by atoms with Gasteiger partial charge in [0, 0.05) is 31.9 Å². The van der Waals surface area contributed by atoms with Crippen molar-refractivity contribution in [3.63, 3.8) is 0 Å². The van der Waals surface area contributed by atoms with Gasteiger partial charge in [0.1, 0.15) is 29.6 Å². The maximum absolute atomic E-state index is 5.85. The maximum Gasteiger partial charge on any atom is 0.163 e. The van der Waals surface area contributed by atoms with Crippen LogP contribution in [0.25, 0.3) is 10.9 Å². The lowest BCUT2D eigenvalue weighted by molar-refractivity contribution is 0.132. The van der Waals surface area contributed by atoms with Gasteiger partial charge in [0.2, 0.25) is 0 Å². The molecule has 27 heavy (non-hydrogen) atoms. The van der Waals surface area contributed by atoms with Crippen LogP contribution in [0.5, 0.6) is 11.5 Å². The number of aromatic nitrogens is 3. The van der Waals surface area contributed by atoms with Crippen LogP contribution in [0.2, 0.25) is 0 Å². The minimum atomic E-state index is 0.416. The molecule has 0 aliphatic carbocycles. The van der Waals surface area contributed by atoms with Crippen LogP contribution in [0.15, 0.2) is 52.9 Å². The molecule has 0 saturated carbocycles. The Morgan fingerprint density at radius 1 is 0.852 bits per heavy atom. The first-order valence-electron chi connectivity index (χ1n) is 8.43. The van der Waals surface area contributed by atoms with Crippen molar-refractivity contribution in [1.82, 2.24) is 15.0 Å². The first kappa shape index (κ1) is 19.3. The molecule has 3 rings (SSSR count). The van der Waals surface area contributed by atoms with E-state index in [9.17, 15) is 0 Å². The van der Waals surface area contributed by atoms with E-state index in [1.807, 2.05) is 30.3 Å². The fraction of sp³-hybridized carbons (Fsp3) is 0.316. The zero-order chi connectivity index (χ0) is 18.9. The predicted octanol–water partition coefficient (Wildman–Crippen LogP) is 3.23. The third-order valence-corrected chi connectivity index (χ3v) is 4.56. The van der Waals surface area contributed by atoms with E-state index in [0.717, 1.165) is 21.0 Å². The van der Waals surface area contributed by atoms with Crippen LogP contribution in [0.4, 0.5) is 0 Å². The lowest BCUT2D eigenvalue weighted by Crippen LogP contribution is -2.08. The van der Waals surface area contributed by atoms with Gasteiger partial charge in [-0.3, -0.25) is 0 Å². The Balaban J connectivity index is 1.94. The van der Waals surface area contributed by atoms with Gasteiger partial charge in [-0.1, -0.05) is 6.07 Å². The van der Waals surface area contributed by atoms with E-state index in [2.05, 4.69) is 15.0 Å². The second-order valence-electron chi connectivity index (χ2n) is 5.45. The number of rotatable bonds is 10. The van der Waals surface area contributed by atoms with Crippen molar-refractivity contribution >= 4 is 22.7 Å². The van der Waals surface area contributed by atoms with E-state index in [1.165, 1.54) is 18.1 Å². The summed E-state index contributed by atoms with van der Waals surface area (Å²) in [6.45, 7) is 1.80. The van der Waals surface area contributed by atoms with Crippen LogP contribution < -0.4 is 9.47 Å². The second-order valence-corrected chi connectivity index (χ2v) is 6.46. The number of fused-ring (bicyclic) bond motifs is 1. The van der Waals surface area contributed by atoms with Crippen LogP contribution in [-0.2, 0) is 9.47 Å². The molecule has 0 aliphatic heterocycles. The molecular weight excluding hydrogens is 366 g/mol. The Labute approximate surface area is 162 Å². The summed E-state index contributed by atoms with van der Waals surface area (Å²) in [5.41, 5.74) is 0.773. The monoisotopic (exact) mass is 387 g/mol. The molecule has 0 fully saturated rings. The summed E-state index contributed by atoms with van der Waals surface area (Å²) < 4.78 is 21.8. The van der Waals surface area contributed by atoms with Gasteiger partial charge in [0.25, 0.3) is 0 Å². The molecule has 2 heterocycles. The third kappa shape index (κ3) is 5.29. The Morgan fingerprint density at radius 3 is 2.26 bits per heavy atom. The van der Waals surface area contributed by atoms with Crippen LogP contribution in [0.1, 0.15) is 0 Å². The van der Waals surface area contributed by atoms with Crippen LogP contribution in [-0.4, -0.2) is 55.6 Å². The van der Waals surface area contributed by atoms with Crippen molar-refractivity contribution in [1.29, 1.82) is 0 Å². The molecule has 0 N–H and O–H groups in total. The minimum absolute atomic E-state index is 0.416. The van der Waals surface area contributed by atoms with Gasteiger partial charge < -0.3 is 18.9 Å². The van der Waals surface area contributed by atoms with Crippen molar-refractivity contribution < 1.29 is 18.9 Å². The van der Waals surface area contributed by atoms with E-state index in [0.29, 0.717) is 37.9 Å². The van der Waals surface area contributed by atoms with Gasteiger partial charge in [0.15, 0.2) is 11.5 Å². The first-order chi connectivity index (χ1) is 13.3. The maximum atomic E-state index is 5.85. The number of nitrogens with zero attached hydrogens (tertiary/aromatic N) is 3. The molecule has 0 saturated heterocycles. The topological polar surface area (TPSA) is 75.6 Å². The van der Waals surface area contributed by atoms with Gasteiger partial charge in [-0.05, 0) is 30.0 Å². The Hall–Kier alpha value is -2.42. The number of methoxy groups -OCH3 is 2. The van der Waals surface area contributed by atoms with Gasteiger partial charge in [-0.15, -0.1) is 0 Å². The molecular formula is C19H21N3O4S. The summed E-state index contributed by atoms with van der Waals surface area (Å²) in [5, 5.41) is 2.54. The van der Waals surface area contributed by atoms with E-state index >= 15 is 0 Å². The summed E-state index contributed by atoms with van der Waals surface area (Å²) in [5.74, 6) is 1.23. The highest BCUT2D eigenvalue weighted by Crippen LogP contribution is 2.36. The molecule has 1 aromatic carbocycles. The first-order valence-corrected chi connectivity index (χ1v) is 9.24. The van der Waals surface area contributed by atoms with E-state index in [-0.39, 0.29) is 0 Å². The standard InChI is InChI=1S/C19H21N3O4S/c1-23-7-9-25-16-11-14-15(12-17(16)26-10-8-24-2)21-13-22-19(14)27-18-5-3-4-6-20-18/h3-6,11-13H,7-10H2,1-2H3. The highest BCUT2D eigenvalue weighted by Gasteiger charge is 2.13. The molecule has 0 bridgehead atoms. The molecule has 0 spiro atoms. The fourth-order valence-electron chi connectivity index (χ4n) is 2.32. The lowest BCUT2D eigenvalue weighted by atomic mass is 10.2. The Kier molecular flexibility index (Phi) is 7.20. The van der Waals surface area contributed by atoms with E-state index in [1.54, 1.807) is 20.4 Å². The van der Waals surface area contributed by atoms with Crippen molar-refractivity contribution in [3.05, 3.63) is 42.9 Å². The van der Waals surface area contributed by atoms with Gasteiger partial charge in [-0.25, -0.2) is 15.0 Å². The molecule has 8 heteroatoms. The largest absolute Gasteiger partial charge is 0.487 e. The Morgan fingerprint density at radius 2 is 1.59 bits per heavy atom. The van der Waals surface area contributed by atoms with E-state index in [4.69, 9.17) is 18.9 Å². The second kappa shape index (κ2) is 10.1. The number of benzene rings is 1. The fourth-order valence-corrected chi connectivity index (χ4v) is 3.16. The zero-order valence-corrected chi connectivity index (χ0v) is 16.1. The molecule has 0 aliphatic rings. The van der Waals surface area contributed by atoms with Crippen molar-refractivity contribution in [2.75, 3.05) is 40.6 Å². The predicted molar refractivity (Wildman–Crippen MR) is 103 cm³/mol. The van der Waals surface area contributed by atoms with Crippen LogP contribution in [0, 0.1) is 0 Å². The zero-order valence-electron chi connectivity index (χ0n) is 15.3. The van der Waals surface area contributed by atoms with E-state index < -0.39 is 0 Å². The Bertz CT molecular complexity index is 864. The molecule has 142 valence electrons. The van der Waals surface area contributed by atoms with Crippen LogP contribution >= 0.6 is 11.8 Å². The van der Waals surface area contributed by atoms with Gasteiger partial charge in [-0.2, -0.15) is 0 Å². The normalized spacial score (nSPS) is 10.9. The highest BCUT2D eigenvalue weighted by atomic mass is 32.2. The molecule has 0 unspecified atom stereocenters. The number of hydrogen-bond donors (Lipinski definition) is 0. The summed E-state index contributed by atoms with van der Waals surface area (Å²) in [7, 11) is 3.27. The quantitative estimate of drug-likeness (QED) is 0.388.